The fraction of sp³-hybridized carbons (Fsp3) is 0.100. The van der Waals surface area contributed by atoms with E-state index in [9.17, 15) is 0 Å². The highest BCUT2D eigenvalue weighted by Crippen LogP contribution is 2.15. The second-order valence-electron chi connectivity index (χ2n) is 2.88. The third-order valence-corrected chi connectivity index (χ3v) is 1.87. The van der Waals surface area contributed by atoms with Crippen LogP contribution in [0.5, 0.6) is 0 Å². The van der Waals surface area contributed by atoms with E-state index in [-0.39, 0.29) is 6.61 Å². The molecule has 0 spiro atoms. The minimum Gasteiger partial charge on any atom is -0.392 e. The van der Waals surface area contributed by atoms with Gasteiger partial charge in [0.05, 0.1) is 12.8 Å². The highest BCUT2D eigenvalue weighted by Gasteiger charge is 2.02. The van der Waals surface area contributed by atoms with Crippen LogP contribution in [0.4, 0.5) is 11.6 Å². The lowest BCUT2D eigenvalue weighted by atomic mass is 10.3. The van der Waals surface area contributed by atoms with Crippen molar-refractivity contribution in [2.24, 2.45) is 0 Å². The SMILES string of the molecule is OCc1cccnc1Nc1cnccn1. The van der Waals surface area contributed by atoms with Crippen LogP contribution in [0.3, 0.4) is 0 Å². The Kier molecular flexibility index (Phi) is 2.85. The van der Waals surface area contributed by atoms with Gasteiger partial charge in [-0.25, -0.2) is 9.97 Å². The topological polar surface area (TPSA) is 70.9 Å². The van der Waals surface area contributed by atoms with E-state index in [2.05, 4.69) is 20.3 Å². The van der Waals surface area contributed by atoms with Gasteiger partial charge < -0.3 is 10.4 Å². The van der Waals surface area contributed by atoms with Crippen molar-refractivity contribution in [3.63, 3.8) is 0 Å². The molecule has 2 heterocycles. The first-order chi connectivity index (χ1) is 7.40. The third-order valence-electron chi connectivity index (χ3n) is 1.87. The van der Waals surface area contributed by atoms with Crippen molar-refractivity contribution in [3.8, 4) is 0 Å². The van der Waals surface area contributed by atoms with E-state index in [4.69, 9.17) is 5.11 Å². The standard InChI is InChI=1S/C10H10N4O/c15-7-8-2-1-3-13-10(8)14-9-6-11-4-5-12-9/h1-6,15H,7H2,(H,12,13,14). The van der Waals surface area contributed by atoms with Gasteiger partial charge in [-0.15, -0.1) is 0 Å². The number of rotatable bonds is 3. The van der Waals surface area contributed by atoms with Crippen LogP contribution in [0, 0.1) is 0 Å². The molecule has 2 aromatic rings. The van der Waals surface area contributed by atoms with E-state index in [0.29, 0.717) is 11.6 Å². The molecule has 0 aliphatic carbocycles. The molecule has 0 amide bonds. The molecule has 2 aromatic heterocycles. The van der Waals surface area contributed by atoms with Gasteiger partial charge in [0.15, 0.2) is 0 Å². The molecular formula is C10H10N4O. The maximum atomic E-state index is 9.08. The normalized spacial score (nSPS) is 9.93. The average Bonchev–Trinajstić information content (AvgIpc) is 2.31. The van der Waals surface area contributed by atoms with E-state index in [1.165, 1.54) is 0 Å². The smallest absolute Gasteiger partial charge is 0.150 e. The van der Waals surface area contributed by atoms with Crippen LogP contribution >= 0.6 is 0 Å². The van der Waals surface area contributed by atoms with Gasteiger partial charge in [0.2, 0.25) is 0 Å². The van der Waals surface area contributed by atoms with Gasteiger partial charge in [0.25, 0.3) is 0 Å². The molecule has 0 fully saturated rings. The summed E-state index contributed by atoms with van der Waals surface area (Å²) in [6.07, 6.45) is 6.42. The zero-order chi connectivity index (χ0) is 10.5. The Balaban J connectivity index is 2.24. The van der Waals surface area contributed by atoms with E-state index < -0.39 is 0 Å². The number of nitrogens with zero attached hydrogens (tertiary/aromatic N) is 3. The highest BCUT2D eigenvalue weighted by atomic mass is 16.3. The minimum absolute atomic E-state index is 0.0591. The van der Waals surface area contributed by atoms with Crippen LogP contribution in [0.15, 0.2) is 36.9 Å². The summed E-state index contributed by atoms with van der Waals surface area (Å²) in [7, 11) is 0. The van der Waals surface area contributed by atoms with Crippen molar-refractivity contribution in [2.45, 2.75) is 6.61 Å². The van der Waals surface area contributed by atoms with Gasteiger partial charge in [-0.1, -0.05) is 6.07 Å². The second kappa shape index (κ2) is 4.47. The second-order valence-corrected chi connectivity index (χ2v) is 2.88. The lowest BCUT2D eigenvalue weighted by molar-refractivity contribution is 0.282. The van der Waals surface area contributed by atoms with Gasteiger partial charge in [-0.2, -0.15) is 0 Å². The van der Waals surface area contributed by atoms with Crippen LogP contribution in [-0.4, -0.2) is 20.1 Å². The monoisotopic (exact) mass is 202 g/mol. The van der Waals surface area contributed by atoms with Crippen molar-refractivity contribution >= 4 is 11.6 Å². The summed E-state index contributed by atoms with van der Waals surface area (Å²) in [5.41, 5.74) is 0.725. The van der Waals surface area contributed by atoms with Gasteiger partial charge in [-0.3, -0.25) is 4.98 Å². The lowest BCUT2D eigenvalue weighted by Crippen LogP contribution is -2.00. The Hall–Kier alpha value is -2.01. The summed E-state index contributed by atoms with van der Waals surface area (Å²) in [6.45, 7) is -0.0591. The number of aliphatic hydroxyl groups is 1. The summed E-state index contributed by atoms with van der Waals surface area (Å²) in [5, 5.41) is 12.1. The fourth-order valence-corrected chi connectivity index (χ4v) is 1.16. The minimum atomic E-state index is -0.0591. The predicted molar refractivity (Wildman–Crippen MR) is 55.5 cm³/mol. The van der Waals surface area contributed by atoms with Gasteiger partial charge in [-0.05, 0) is 6.07 Å². The zero-order valence-corrected chi connectivity index (χ0v) is 7.96. The van der Waals surface area contributed by atoms with Gasteiger partial charge >= 0.3 is 0 Å². The number of hydrogen-bond donors (Lipinski definition) is 2. The molecule has 0 atom stereocenters. The van der Waals surface area contributed by atoms with Crippen molar-refractivity contribution in [1.29, 1.82) is 0 Å². The third kappa shape index (κ3) is 2.26. The molecule has 5 heteroatoms. The number of aromatic nitrogens is 3. The molecule has 0 bridgehead atoms. The Labute approximate surface area is 86.9 Å². The average molecular weight is 202 g/mol. The van der Waals surface area contributed by atoms with Gasteiger partial charge in [0.1, 0.15) is 11.6 Å². The first-order valence-corrected chi connectivity index (χ1v) is 4.48. The summed E-state index contributed by atoms with van der Waals surface area (Å²) in [5.74, 6) is 1.20. The number of anilines is 2. The summed E-state index contributed by atoms with van der Waals surface area (Å²) < 4.78 is 0. The molecule has 0 aromatic carbocycles. The predicted octanol–water partition coefficient (Wildman–Crippen LogP) is 1.11. The van der Waals surface area contributed by atoms with Crippen LogP contribution in [0.1, 0.15) is 5.56 Å². The molecule has 0 saturated carbocycles. The number of pyridine rings is 1. The molecular weight excluding hydrogens is 192 g/mol. The van der Waals surface area contributed by atoms with Crippen LogP contribution in [0.25, 0.3) is 0 Å². The molecule has 0 radical (unpaired) electrons. The molecule has 2 N–H and O–H groups in total. The fourth-order valence-electron chi connectivity index (χ4n) is 1.16. The van der Waals surface area contributed by atoms with E-state index in [1.54, 1.807) is 36.9 Å². The van der Waals surface area contributed by atoms with Crippen molar-refractivity contribution < 1.29 is 5.11 Å². The van der Waals surface area contributed by atoms with Crippen LogP contribution in [0.2, 0.25) is 0 Å². The maximum Gasteiger partial charge on any atom is 0.150 e. The van der Waals surface area contributed by atoms with Crippen molar-refractivity contribution in [3.05, 3.63) is 42.5 Å². The summed E-state index contributed by atoms with van der Waals surface area (Å²) >= 11 is 0. The molecule has 0 unspecified atom stereocenters. The number of aliphatic hydroxyl groups excluding tert-OH is 1. The molecule has 2 rings (SSSR count). The molecule has 0 saturated heterocycles. The Bertz CT molecular complexity index is 432. The molecule has 0 aliphatic rings. The van der Waals surface area contributed by atoms with Gasteiger partial charge in [0, 0.05) is 24.2 Å². The first kappa shape index (κ1) is 9.54. The Morgan fingerprint density at radius 3 is 2.87 bits per heavy atom. The summed E-state index contributed by atoms with van der Waals surface area (Å²) in [6, 6.07) is 3.57. The van der Waals surface area contributed by atoms with E-state index >= 15 is 0 Å². The molecule has 0 aliphatic heterocycles. The van der Waals surface area contributed by atoms with Crippen molar-refractivity contribution in [2.75, 3.05) is 5.32 Å². The Morgan fingerprint density at radius 1 is 1.20 bits per heavy atom. The Morgan fingerprint density at radius 2 is 2.13 bits per heavy atom. The maximum absolute atomic E-state index is 9.08. The van der Waals surface area contributed by atoms with Crippen LogP contribution in [-0.2, 0) is 6.61 Å². The van der Waals surface area contributed by atoms with E-state index in [0.717, 1.165) is 5.56 Å². The highest BCUT2D eigenvalue weighted by molar-refractivity contribution is 5.54. The summed E-state index contributed by atoms with van der Waals surface area (Å²) in [4.78, 5) is 12.1. The van der Waals surface area contributed by atoms with E-state index in [1.807, 2.05) is 0 Å². The largest absolute Gasteiger partial charge is 0.392 e. The molecule has 76 valence electrons. The zero-order valence-electron chi connectivity index (χ0n) is 7.96. The molecule has 5 nitrogen and oxygen atoms in total. The van der Waals surface area contributed by atoms with Crippen molar-refractivity contribution in [1.82, 2.24) is 15.0 Å². The lowest BCUT2D eigenvalue weighted by Gasteiger charge is -2.07. The van der Waals surface area contributed by atoms with Crippen LogP contribution < -0.4 is 5.32 Å². The quantitative estimate of drug-likeness (QED) is 0.780. The molecule has 15 heavy (non-hydrogen) atoms. The number of nitrogens with one attached hydrogen (secondary N) is 1. The first-order valence-electron chi connectivity index (χ1n) is 4.48. The number of hydrogen-bond acceptors (Lipinski definition) is 5.